The number of amides is 2. The lowest BCUT2D eigenvalue weighted by atomic mass is 9.79. The van der Waals surface area contributed by atoms with E-state index in [-0.39, 0.29) is 36.8 Å². The van der Waals surface area contributed by atoms with E-state index >= 15 is 0 Å². The second-order valence-electron chi connectivity index (χ2n) is 9.28. The van der Waals surface area contributed by atoms with Crippen LogP contribution in [-0.2, 0) is 4.79 Å². The van der Waals surface area contributed by atoms with Crippen molar-refractivity contribution in [1.82, 2.24) is 14.7 Å². The second-order valence-corrected chi connectivity index (χ2v) is 10.8. The molecule has 4 rings (SSSR count). The van der Waals surface area contributed by atoms with Crippen molar-refractivity contribution in [1.29, 1.82) is 0 Å². The van der Waals surface area contributed by atoms with Gasteiger partial charge in [0.1, 0.15) is 6.54 Å². The molecular weight excluding hydrogens is 477 g/mol. The Morgan fingerprint density at radius 2 is 1.79 bits per heavy atom. The Morgan fingerprint density at radius 1 is 1.15 bits per heavy atom. The zero-order valence-corrected chi connectivity index (χ0v) is 21.9. The van der Waals surface area contributed by atoms with Crippen molar-refractivity contribution in [3.05, 3.63) is 34.1 Å². The first kappa shape index (κ1) is 24.8. The summed E-state index contributed by atoms with van der Waals surface area (Å²) >= 11 is 7.38. The smallest absolute Gasteiger partial charge is 0.264 e. The van der Waals surface area contributed by atoms with Crippen molar-refractivity contribution >= 4 is 57.2 Å². The van der Waals surface area contributed by atoms with E-state index in [0.717, 1.165) is 48.4 Å². The highest BCUT2D eigenvalue weighted by molar-refractivity contribution is 7.20. The summed E-state index contributed by atoms with van der Waals surface area (Å²) in [5, 5.41) is 1.32. The first-order valence-corrected chi connectivity index (χ1v) is 13.0. The van der Waals surface area contributed by atoms with Crippen LogP contribution in [0.2, 0.25) is 5.02 Å². The standard InChI is InChI=1S/C25H34ClN3O2S.ClH/c1-3-10-29(25(31)23-15-20-4-5-21(26)16-22(20)32-23)17-24(30)28-13-8-19(9-14-28)18-6-11-27(2)12-7-18;/h4-5,15-16,18-19H,3,6-14,17H2,1-2H3;1H/i15D;. The highest BCUT2D eigenvalue weighted by Crippen LogP contribution is 2.32. The zero-order chi connectivity index (χ0) is 23.5. The predicted octanol–water partition coefficient (Wildman–Crippen LogP) is 5.41. The van der Waals surface area contributed by atoms with Gasteiger partial charge in [-0.05, 0) is 87.6 Å². The van der Waals surface area contributed by atoms with Crippen molar-refractivity contribution in [2.24, 2.45) is 11.8 Å². The molecule has 0 radical (unpaired) electrons. The Labute approximate surface area is 213 Å². The van der Waals surface area contributed by atoms with Crippen LogP contribution in [0.25, 0.3) is 10.1 Å². The zero-order valence-electron chi connectivity index (χ0n) is 20.5. The van der Waals surface area contributed by atoms with Gasteiger partial charge in [-0.15, -0.1) is 23.7 Å². The Balaban J connectivity index is 0.00000324. The van der Waals surface area contributed by atoms with Gasteiger partial charge in [0.15, 0.2) is 0 Å². The lowest BCUT2D eigenvalue weighted by Gasteiger charge is -2.39. The molecule has 0 unspecified atom stereocenters. The highest BCUT2D eigenvalue weighted by Gasteiger charge is 2.31. The van der Waals surface area contributed by atoms with Gasteiger partial charge in [-0.25, -0.2) is 0 Å². The SMILES string of the molecule is Cl.[2H]c1c(C(=O)N(CCC)CC(=O)N2CCC(C3CCN(C)CC3)CC2)sc2cc(Cl)ccc12. The third-order valence-corrected chi connectivity index (χ3v) is 8.30. The molecule has 0 aliphatic carbocycles. The second kappa shape index (κ2) is 11.9. The molecule has 2 aliphatic heterocycles. The molecular formula is C25H35Cl2N3O2S. The summed E-state index contributed by atoms with van der Waals surface area (Å²) in [5.41, 5.74) is 0. The van der Waals surface area contributed by atoms with Crippen LogP contribution in [0.15, 0.2) is 24.2 Å². The molecule has 0 atom stereocenters. The molecule has 2 aliphatic rings. The number of carbonyl (C=O) groups excluding carboxylic acids is 2. The number of fused-ring (bicyclic) bond motifs is 1. The molecule has 1 aromatic carbocycles. The fraction of sp³-hybridized carbons (Fsp3) is 0.600. The van der Waals surface area contributed by atoms with Crippen molar-refractivity contribution in [3.63, 3.8) is 0 Å². The molecule has 1 aromatic heterocycles. The van der Waals surface area contributed by atoms with Gasteiger partial charge in [-0.3, -0.25) is 9.59 Å². The molecule has 5 nitrogen and oxygen atoms in total. The van der Waals surface area contributed by atoms with E-state index in [2.05, 4.69) is 11.9 Å². The van der Waals surface area contributed by atoms with Gasteiger partial charge in [0, 0.05) is 29.4 Å². The Hall–Kier alpha value is -1.34. The van der Waals surface area contributed by atoms with Crippen molar-refractivity contribution < 1.29 is 11.0 Å². The lowest BCUT2D eigenvalue weighted by Crippen LogP contribution is -2.47. The number of halogens is 2. The number of hydrogen-bond acceptors (Lipinski definition) is 4. The van der Waals surface area contributed by atoms with Crippen LogP contribution in [0.1, 0.15) is 50.1 Å². The first-order chi connectivity index (χ1) is 15.9. The van der Waals surface area contributed by atoms with E-state index in [4.69, 9.17) is 13.0 Å². The number of nitrogens with zero attached hydrogens (tertiary/aromatic N) is 3. The van der Waals surface area contributed by atoms with Crippen LogP contribution in [0.4, 0.5) is 0 Å². The van der Waals surface area contributed by atoms with Gasteiger partial charge in [0.2, 0.25) is 5.91 Å². The van der Waals surface area contributed by atoms with Gasteiger partial charge in [0.05, 0.1) is 6.25 Å². The summed E-state index contributed by atoms with van der Waals surface area (Å²) in [6.45, 7) is 6.53. The molecule has 2 fully saturated rings. The maximum absolute atomic E-state index is 13.3. The quantitative estimate of drug-likeness (QED) is 0.519. The summed E-state index contributed by atoms with van der Waals surface area (Å²) in [6.07, 6.45) is 5.43. The molecule has 2 aromatic rings. The van der Waals surface area contributed by atoms with E-state index in [1.807, 2.05) is 11.8 Å². The monoisotopic (exact) mass is 512 g/mol. The van der Waals surface area contributed by atoms with E-state index in [1.165, 1.54) is 37.3 Å². The van der Waals surface area contributed by atoms with Crippen LogP contribution >= 0.6 is 35.3 Å². The molecule has 3 heterocycles. The number of benzene rings is 1. The minimum absolute atomic E-state index is 0. The van der Waals surface area contributed by atoms with E-state index < -0.39 is 0 Å². The minimum atomic E-state index is -0.228. The van der Waals surface area contributed by atoms with Gasteiger partial charge in [-0.2, -0.15) is 0 Å². The summed E-state index contributed by atoms with van der Waals surface area (Å²) in [6, 6.07) is 5.55. The molecule has 182 valence electrons. The molecule has 0 bridgehead atoms. The normalized spacial score (nSPS) is 18.8. The topological polar surface area (TPSA) is 43.9 Å². The number of likely N-dealkylation sites (tertiary alicyclic amines) is 2. The Kier molecular flexibility index (Phi) is 8.91. The number of piperidine rings is 2. The van der Waals surface area contributed by atoms with Crippen LogP contribution in [0, 0.1) is 11.8 Å². The molecule has 33 heavy (non-hydrogen) atoms. The Morgan fingerprint density at radius 3 is 2.42 bits per heavy atom. The van der Waals surface area contributed by atoms with Crippen molar-refractivity contribution in [2.75, 3.05) is 46.3 Å². The highest BCUT2D eigenvalue weighted by atomic mass is 35.5. The van der Waals surface area contributed by atoms with Gasteiger partial charge in [0.25, 0.3) is 5.91 Å². The summed E-state index contributed by atoms with van der Waals surface area (Å²) in [4.78, 5) is 32.8. The van der Waals surface area contributed by atoms with Gasteiger partial charge < -0.3 is 14.7 Å². The third-order valence-electron chi connectivity index (χ3n) is 7.03. The maximum atomic E-state index is 13.3. The molecule has 0 N–H and O–H groups in total. The average Bonchev–Trinajstić information content (AvgIpc) is 3.14. The van der Waals surface area contributed by atoms with E-state index in [1.54, 1.807) is 23.1 Å². The minimum Gasteiger partial charge on any atom is -0.341 e. The molecule has 8 heteroatoms. The summed E-state index contributed by atoms with van der Waals surface area (Å²) in [5.74, 6) is 1.30. The number of carbonyl (C=O) groups is 2. The fourth-order valence-electron chi connectivity index (χ4n) is 5.09. The van der Waals surface area contributed by atoms with Crippen molar-refractivity contribution in [3.8, 4) is 0 Å². The molecule has 0 saturated carbocycles. The molecule has 0 spiro atoms. The predicted molar refractivity (Wildman–Crippen MR) is 140 cm³/mol. The van der Waals surface area contributed by atoms with Crippen LogP contribution in [0.3, 0.4) is 0 Å². The summed E-state index contributed by atoms with van der Waals surface area (Å²) in [7, 11) is 2.19. The van der Waals surface area contributed by atoms with Gasteiger partial charge >= 0.3 is 0 Å². The lowest BCUT2D eigenvalue weighted by molar-refractivity contribution is -0.133. The number of thiophene rings is 1. The molecule has 2 amide bonds. The summed E-state index contributed by atoms with van der Waals surface area (Å²) < 4.78 is 9.31. The van der Waals surface area contributed by atoms with Crippen LogP contribution in [0.5, 0.6) is 0 Å². The Bertz CT molecular complexity index is 1000. The largest absolute Gasteiger partial charge is 0.341 e. The fourth-order valence-corrected chi connectivity index (χ4v) is 6.34. The van der Waals surface area contributed by atoms with Crippen LogP contribution < -0.4 is 0 Å². The van der Waals surface area contributed by atoms with E-state index in [9.17, 15) is 9.59 Å². The maximum Gasteiger partial charge on any atom is 0.264 e. The van der Waals surface area contributed by atoms with Crippen LogP contribution in [-0.4, -0.2) is 72.8 Å². The number of rotatable bonds is 6. The average molecular weight is 514 g/mol. The van der Waals surface area contributed by atoms with Crippen molar-refractivity contribution in [2.45, 2.75) is 39.0 Å². The molecule has 2 saturated heterocycles. The van der Waals surface area contributed by atoms with E-state index in [0.29, 0.717) is 22.4 Å². The first-order valence-electron chi connectivity index (χ1n) is 12.3. The number of hydrogen-bond donors (Lipinski definition) is 0. The third kappa shape index (κ3) is 6.41. The van der Waals surface area contributed by atoms with Gasteiger partial charge in [-0.1, -0.05) is 24.6 Å².